The molecule has 1 aliphatic rings. The van der Waals surface area contributed by atoms with Crippen LogP contribution in [0.3, 0.4) is 0 Å². The molecule has 0 aliphatic carbocycles. The summed E-state index contributed by atoms with van der Waals surface area (Å²) in [6, 6.07) is 1.35. The zero-order valence-corrected chi connectivity index (χ0v) is 16.7. The third-order valence-electron chi connectivity index (χ3n) is 3.95. The van der Waals surface area contributed by atoms with Crippen molar-refractivity contribution >= 4 is 39.7 Å². The highest BCUT2D eigenvalue weighted by molar-refractivity contribution is 7.89. The minimum atomic E-state index is -3.68. The number of thiophene rings is 1. The topological polar surface area (TPSA) is 102 Å². The van der Waals surface area contributed by atoms with E-state index in [1.54, 1.807) is 5.38 Å². The first-order valence-corrected chi connectivity index (χ1v) is 10.5. The number of amides is 1. The molecule has 0 saturated carbocycles. The number of ether oxygens (including phenoxy) is 1. The highest BCUT2D eigenvalue weighted by Crippen LogP contribution is 2.26. The summed E-state index contributed by atoms with van der Waals surface area (Å²) in [5.41, 5.74) is 5.70. The maximum atomic E-state index is 12.8. The molecule has 25 heavy (non-hydrogen) atoms. The molecule has 0 aromatic carbocycles. The number of hydrogen-bond donors (Lipinski definition) is 2. The zero-order valence-electron chi connectivity index (χ0n) is 14.3. The lowest BCUT2D eigenvalue weighted by Crippen LogP contribution is -2.42. The highest BCUT2D eigenvalue weighted by atomic mass is 35.5. The lowest BCUT2D eigenvalue weighted by molar-refractivity contribution is 0.0730. The molecule has 1 atom stereocenters. The first-order valence-electron chi connectivity index (χ1n) is 8.17. The van der Waals surface area contributed by atoms with Crippen LogP contribution in [0.15, 0.2) is 16.3 Å². The number of morpholine rings is 1. The number of carbonyl (C=O) groups is 1. The number of unbranched alkanes of at least 4 members (excludes halogenated alkanes) is 1. The van der Waals surface area contributed by atoms with Crippen LogP contribution in [0, 0.1) is 0 Å². The molecule has 10 heteroatoms. The molecular weight excluding hydrogens is 386 g/mol. The van der Waals surface area contributed by atoms with Gasteiger partial charge in [-0.15, -0.1) is 23.7 Å². The number of nitrogens with zero attached hydrogens (tertiary/aromatic N) is 1. The second-order valence-corrected chi connectivity index (χ2v) is 8.50. The fraction of sp³-hybridized carbons (Fsp3) is 0.667. The second-order valence-electron chi connectivity index (χ2n) is 5.68. The molecule has 0 spiro atoms. The fourth-order valence-electron chi connectivity index (χ4n) is 2.54. The molecule has 0 radical (unpaired) electrons. The third kappa shape index (κ3) is 5.63. The Hall–Kier alpha value is -0.710. The average molecular weight is 412 g/mol. The van der Waals surface area contributed by atoms with E-state index in [1.165, 1.54) is 10.4 Å². The standard InChI is InChI=1S/C15H25N3O4S2.ClH/c1-2-3-4-12(11-16)17-15(19)14-13(5-10-23-14)24(20,21)18-6-8-22-9-7-18;/h5,10,12H,2-4,6-9,11,16H2,1H3,(H,17,19);1H. The summed E-state index contributed by atoms with van der Waals surface area (Å²) >= 11 is 1.13. The van der Waals surface area contributed by atoms with Gasteiger partial charge in [-0.3, -0.25) is 4.79 Å². The molecule has 2 rings (SSSR count). The normalized spacial score (nSPS) is 16.9. The van der Waals surface area contributed by atoms with Crippen LogP contribution in [0.25, 0.3) is 0 Å². The Morgan fingerprint density at radius 3 is 2.72 bits per heavy atom. The number of rotatable bonds is 8. The van der Waals surface area contributed by atoms with Gasteiger partial charge in [-0.25, -0.2) is 8.42 Å². The summed E-state index contributed by atoms with van der Waals surface area (Å²) in [6.07, 6.45) is 2.77. The van der Waals surface area contributed by atoms with E-state index >= 15 is 0 Å². The van der Waals surface area contributed by atoms with Crippen molar-refractivity contribution in [2.24, 2.45) is 5.73 Å². The fourth-order valence-corrected chi connectivity index (χ4v) is 5.25. The lowest BCUT2D eigenvalue weighted by atomic mass is 10.1. The van der Waals surface area contributed by atoms with Gasteiger partial charge >= 0.3 is 0 Å². The smallest absolute Gasteiger partial charge is 0.263 e. The first kappa shape index (κ1) is 22.3. The molecule has 2 heterocycles. The molecule has 1 aromatic rings. The maximum absolute atomic E-state index is 12.8. The molecule has 1 saturated heterocycles. The van der Waals surface area contributed by atoms with Gasteiger partial charge in [0.25, 0.3) is 5.91 Å². The summed E-state index contributed by atoms with van der Waals surface area (Å²) in [7, 11) is -3.68. The van der Waals surface area contributed by atoms with Crippen molar-refractivity contribution in [2.45, 2.75) is 37.1 Å². The van der Waals surface area contributed by atoms with E-state index in [2.05, 4.69) is 12.2 Å². The van der Waals surface area contributed by atoms with Gasteiger partial charge in [-0.2, -0.15) is 4.31 Å². The molecule has 0 bridgehead atoms. The lowest BCUT2D eigenvalue weighted by Gasteiger charge is -2.26. The monoisotopic (exact) mass is 411 g/mol. The van der Waals surface area contributed by atoms with Gasteiger partial charge in [0.1, 0.15) is 9.77 Å². The third-order valence-corrected chi connectivity index (χ3v) is 6.93. The zero-order chi connectivity index (χ0) is 17.6. The van der Waals surface area contributed by atoms with Gasteiger partial charge in [0.15, 0.2) is 0 Å². The Labute approximate surface area is 159 Å². The van der Waals surface area contributed by atoms with E-state index in [9.17, 15) is 13.2 Å². The second kappa shape index (κ2) is 10.4. The van der Waals surface area contributed by atoms with E-state index in [1.807, 2.05) is 0 Å². The van der Waals surface area contributed by atoms with Crippen LogP contribution in [-0.2, 0) is 14.8 Å². The van der Waals surface area contributed by atoms with Crippen molar-refractivity contribution in [3.8, 4) is 0 Å². The Morgan fingerprint density at radius 2 is 2.12 bits per heavy atom. The van der Waals surface area contributed by atoms with Crippen molar-refractivity contribution in [1.29, 1.82) is 0 Å². The van der Waals surface area contributed by atoms with Crippen molar-refractivity contribution in [1.82, 2.24) is 9.62 Å². The molecule has 144 valence electrons. The SMILES string of the molecule is CCCCC(CN)NC(=O)c1sccc1S(=O)(=O)N1CCOCC1.Cl. The Kier molecular flexibility index (Phi) is 9.33. The summed E-state index contributed by atoms with van der Waals surface area (Å²) in [4.78, 5) is 12.8. The number of sulfonamides is 1. The number of nitrogens with one attached hydrogen (secondary N) is 1. The number of halogens is 1. The van der Waals surface area contributed by atoms with E-state index in [4.69, 9.17) is 10.5 Å². The van der Waals surface area contributed by atoms with Gasteiger partial charge in [-0.1, -0.05) is 19.8 Å². The van der Waals surface area contributed by atoms with Gasteiger partial charge in [0.05, 0.1) is 13.2 Å². The van der Waals surface area contributed by atoms with Crippen molar-refractivity contribution in [3.63, 3.8) is 0 Å². The quantitative estimate of drug-likeness (QED) is 0.673. The summed E-state index contributed by atoms with van der Waals surface area (Å²) < 4.78 is 32.1. The van der Waals surface area contributed by atoms with Crippen LogP contribution < -0.4 is 11.1 Å². The van der Waals surface area contributed by atoms with E-state index < -0.39 is 10.0 Å². The van der Waals surface area contributed by atoms with E-state index in [0.717, 1.165) is 30.6 Å². The molecule has 1 aromatic heterocycles. The van der Waals surface area contributed by atoms with E-state index in [0.29, 0.717) is 32.8 Å². The van der Waals surface area contributed by atoms with Gasteiger partial charge < -0.3 is 15.8 Å². The summed E-state index contributed by atoms with van der Waals surface area (Å²) in [5, 5.41) is 4.49. The van der Waals surface area contributed by atoms with E-state index in [-0.39, 0.29) is 34.1 Å². The Morgan fingerprint density at radius 1 is 1.44 bits per heavy atom. The highest BCUT2D eigenvalue weighted by Gasteiger charge is 2.31. The van der Waals surface area contributed by atoms with Crippen LogP contribution >= 0.6 is 23.7 Å². The molecule has 1 fully saturated rings. The number of carbonyl (C=O) groups excluding carboxylic acids is 1. The predicted octanol–water partition coefficient (Wildman–Crippen LogP) is 1.44. The summed E-state index contributed by atoms with van der Waals surface area (Å²) in [5.74, 6) is -0.372. The molecule has 1 aliphatic heterocycles. The van der Waals surface area contributed by atoms with Gasteiger partial charge in [-0.05, 0) is 17.9 Å². The molecular formula is C15H26ClN3O4S2. The summed E-state index contributed by atoms with van der Waals surface area (Å²) in [6.45, 7) is 3.76. The van der Waals surface area contributed by atoms with Crippen LogP contribution in [0.1, 0.15) is 35.9 Å². The van der Waals surface area contributed by atoms with Crippen molar-refractivity contribution in [3.05, 3.63) is 16.3 Å². The first-order chi connectivity index (χ1) is 11.5. The molecule has 7 nitrogen and oxygen atoms in total. The molecule has 1 amide bonds. The Bertz CT molecular complexity index is 645. The van der Waals surface area contributed by atoms with Gasteiger partial charge in [0.2, 0.25) is 10.0 Å². The number of nitrogens with two attached hydrogens (primary N) is 1. The van der Waals surface area contributed by atoms with Crippen LogP contribution in [0.2, 0.25) is 0 Å². The van der Waals surface area contributed by atoms with Gasteiger partial charge in [0, 0.05) is 25.7 Å². The average Bonchev–Trinajstić information content (AvgIpc) is 3.10. The van der Waals surface area contributed by atoms with Crippen LogP contribution in [0.4, 0.5) is 0 Å². The van der Waals surface area contributed by atoms with Crippen LogP contribution in [0.5, 0.6) is 0 Å². The van der Waals surface area contributed by atoms with Crippen molar-refractivity contribution in [2.75, 3.05) is 32.8 Å². The minimum absolute atomic E-state index is 0. The number of hydrogen-bond acceptors (Lipinski definition) is 6. The molecule has 3 N–H and O–H groups in total. The Balaban J connectivity index is 0.00000312. The maximum Gasteiger partial charge on any atom is 0.263 e. The predicted molar refractivity (Wildman–Crippen MR) is 101 cm³/mol. The van der Waals surface area contributed by atoms with Crippen LogP contribution in [-0.4, -0.2) is 57.5 Å². The molecule has 1 unspecified atom stereocenters. The largest absolute Gasteiger partial charge is 0.379 e. The van der Waals surface area contributed by atoms with Crippen molar-refractivity contribution < 1.29 is 17.9 Å². The minimum Gasteiger partial charge on any atom is -0.379 e.